The van der Waals surface area contributed by atoms with Gasteiger partial charge in [-0.05, 0) is 42.9 Å². The summed E-state index contributed by atoms with van der Waals surface area (Å²) in [7, 11) is 0. The van der Waals surface area contributed by atoms with Gasteiger partial charge in [-0.2, -0.15) is 0 Å². The van der Waals surface area contributed by atoms with Crippen LogP contribution in [-0.4, -0.2) is 23.4 Å². The van der Waals surface area contributed by atoms with Crippen molar-refractivity contribution in [1.82, 2.24) is 0 Å². The zero-order valence-electron chi connectivity index (χ0n) is 9.70. The number of aliphatic hydroxyl groups excluding tert-OH is 2. The highest BCUT2D eigenvalue weighted by Gasteiger charge is 2.10. The van der Waals surface area contributed by atoms with E-state index in [0.29, 0.717) is 18.4 Å². The number of rotatable bonds is 7. The highest BCUT2D eigenvalue weighted by Crippen LogP contribution is 2.17. The van der Waals surface area contributed by atoms with E-state index in [0.717, 1.165) is 18.9 Å². The molecule has 1 aromatic rings. The Balaban J connectivity index is 2.51. The van der Waals surface area contributed by atoms with Gasteiger partial charge < -0.3 is 10.2 Å². The molecule has 0 saturated carbocycles. The predicted octanol–water partition coefficient (Wildman–Crippen LogP) is 2.28. The monoisotopic (exact) mass is 244 g/mol. The fourth-order valence-electron chi connectivity index (χ4n) is 1.80. The second kappa shape index (κ2) is 7.35. The van der Waals surface area contributed by atoms with Gasteiger partial charge in [0.05, 0.1) is 0 Å². The molecule has 0 amide bonds. The molecule has 0 aromatic heterocycles. The van der Waals surface area contributed by atoms with Crippen molar-refractivity contribution in [2.24, 2.45) is 5.92 Å². The van der Waals surface area contributed by atoms with Gasteiger partial charge in [-0.3, -0.25) is 0 Å². The lowest BCUT2D eigenvalue weighted by molar-refractivity contribution is 0.209. The molecule has 0 aliphatic heterocycles. The summed E-state index contributed by atoms with van der Waals surface area (Å²) in [6, 6.07) is 3.81. The van der Waals surface area contributed by atoms with Gasteiger partial charge in [0, 0.05) is 13.2 Å². The van der Waals surface area contributed by atoms with E-state index in [1.807, 2.05) is 0 Å². The Morgan fingerprint density at radius 3 is 2.41 bits per heavy atom. The van der Waals surface area contributed by atoms with Gasteiger partial charge in [-0.1, -0.05) is 12.5 Å². The normalized spacial score (nSPS) is 12.7. The molecule has 2 N–H and O–H groups in total. The quantitative estimate of drug-likeness (QED) is 0.722. The number of aliphatic hydroxyl groups is 2. The zero-order valence-corrected chi connectivity index (χ0v) is 9.70. The Morgan fingerprint density at radius 2 is 1.82 bits per heavy atom. The fourth-order valence-corrected chi connectivity index (χ4v) is 1.80. The van der Waals surface area contributed by atoms with Crippen LogP contribution in [0.5, 0.6) is 0 Å². The lowest BCUT2D eigenvalue weighted by Gasteiger charge is -2.13. The first-order valence-electron chi connectivity index (χ1n) is 5.83. The molecular formula is C13H18F2O2. The van der Waals surface area contributed by atoms with E-state index in [2.05, 4.69) is 0 Å². The van der Waals surface area contributed by atoms with Crippen molar-refractivity contribution in [3.05, 3.63) is 35.4 Å². The summed E-state index contributed by atoms with van der Waals surface area (Å²) >= 11 is 0. The standard InChI is InChI=1S/C13H18F2O2/c14-12-5-4-10(8-13(12)15)7-11(9-17)3-1-2-6-16/h4-5,8,11,16-17H,1-3,6-7,9H2/t11-/m0/s1. The third kappa shape index (κ3) is 4.79. The van der Waals surface area contributed by atoms with E-state index in [-0.39, 0.29) is 19.1 Å². The molecule has 0 saturated heterocycles. The first kappa shape index (κ1) is 14.1. The van der Waals surface area contributed by atoms with Crippen molar-refractivity contribution in [3.8, 4) is 0 Å². The van der Waals surface area contributed by atoms with E-state index in [1.165, 1.54) is 12.1 Å². The second-order valence-electron chi connectivity index (χ2n) is 4.22. The predicted molar refractivity (Wildman–Crippen MR) is 61.6 cm³/mol. The van der Waals surface area contributed by atoms with Crippen LogP contribution in [0.15, 0.2) is 18.2 Å². The molecule has 2 nitrogen and oxygen atoms in total. The number of benzene rings is 1. The molecule has 17 heavy (non-hydrogen) atoms. The van der Waals surface area contributed by atoms with Crippen LogP contribution in [0, 0.1) is 17.6 Å². The molecule has 0 spiro atoms. The Bertz CT molecular complexity index is 342. The van der Waals surface area contributed by atoms with Crippen LogP contribution in [0.3, 0.4) is 0 Å². The molecule has 4 heteroatoms. The molecule has 0 radical (unpaired) electrons. The van der Waals surface area contributed by atoms with Crippen molar-refractivity contribution in [2.45, 2.75) is 25.7 Å². The summed E-state index contributed by atoms with van der Waals surface area (Å²) in [6.45, 7) is 0.160. The van der Waals surface area contributed by atoms with Crippen LogP contribution in [0.2, 0.25) is 0 Å². The highest BCUT2D eigenvalue weighted by atomic mass is 19.2. The van der Waals surface area contributed by atoms with E-state index in [4.69, 9.17) is 5.11 Å². The first-order chi connectivity index (χ1) is 8.17. The highest BCUT2D eigenvalue weighted by molar-refractivity contribution is 5.18. The molecule has 0 unspecified atom stereocenters. The summed E-state index contributed by atoms with van der Waals surface area (Å²) in [5.74, 6) is -1.67. The molecule has 0 fully saturated rings. The summed E-state index contributed by atoms with van der Waals surface area (Å²) in [5, 5.41) is 17.8. The molecular weight excluding hydrogens is 226 g/mol. The smallest absolute Gasteiger partial charge is 0.159 e. The maximum Gasteiger partial charge on any atom is 0.159 e. The van der Waals surface area contributed by atoms with Crippen LogP contribution in [0.25, 0.3) is 0 Å². The van der Waals surface area contributed by atoms with Crippen molar-refractivity contribution in [3.63, 3.8) is 0 Å². The van der Waals surface area contributed by atoms with Gasteiger partial charge in [-0.15, -0.1) is 0 Å². The van der Waals surface area contributed by atoms with Crippen LogP contribution < -0.4 is 0 Å². The van der Waals surface area contributed by atoms with Gasteiger partial charge in [0.25, 0.3) is 0 Å². The van der Waals surface area contributed by atoms with E-state index in [1.54, 1.807) is 0 Å². The van der Waals surface area contributed by atoms with Crippen LogP contribution >= 0.6 is 0 Å². The molecule has 0 aliphatic carbocycles. The Kier molecular flexibility index (Phi) is 6.08. The number of unbranched alkanes of at least 4 members (excludes halogenated alkanes) is 1. The Morgan fingerprint density at radius 1 is 1.06 bits per heavy atom. The summed E-state index contributed by atoms with van der Waals surface area (Å²) in [6.07, 6.45) is 2.83. The van der Waals surface area contributed by atoms with Crippen LogP contribution in [0.1, 0.15) is 24.8 Å². The van der Waals surface area contributed by atoms with Gasteiger partial charge >= 0.3 is 0 Å². The van der Waals surface area contributed by atoms with Gasteiger partial charge in [0.1, 0.15) is 0 Å². The minimum atomic E-state index is -0.852. The zero-order chi connectivity index (χ0) is 12.7. The van der Waals surface area contributed by atoms with Crippen molar-refractivity contribution in [2.75, 3.05) is 13.2 Å². The third-order valence-electron chi connectivity index (χ3n) is 2.79. The third-order valence-corrected chi connectivity index (χ3v) is 2.79. The first-order valence-corrected chi connectivity index (χ1v) is 5.83. The molecule has 0 heterocycles. The van der Waals surface area contributed by atoms with Crippen LogP contribution in [0.4, 0.5) is 8.78 Å². The van der Waals surface area contributed by atoms with Crippen LogP contribution in [-0.2, 0) is 6.42 Å². The van der Waals surface area contributed by atoms with Crippen molar-refractivity contribution >= 4 is 0 Å². The maximum absolute atomic E-state index is 13.0. The molecule has 1 aromatic carbocycles. The van der Waals surface area contributed by atoms with Gasteiger partial charge in [-0.25, -0.2) is 8.78 Å². The molecule has 1 atom stereocenters. The van der Waals surface area contributed by atoms with E-state index in [9.17, 15) is 13.9 Å². The summed E-state index contributed by atoms with van der Waals surface area (Å²) in [4.78, 5) is 0. The molecule has 1 rings (SSSR count). The molecule has 0 bridgehead atoms. The second-order valence-corrected chi connectivity index (χ2v) is 4.22. The Hall–Kier alpha value is -1.00. The Labute approximate surface area is 99.9 Å². The summed E-state index contributed by atoms with van der Waals surface area (Å²) < 4.78 is 25.7. The molecule has 0 aliphatic rings. The number of hydrogen-bond donors (Lipinski definition) is 2. The summed E-state index contributed by atoms with van der Waals surface area (Å²) in [5.41, 5.74) is 0.687. The average molecular weight is 244 g/mol. The minimum absolute atomic E-state index is 0.0183. The molecule has 96 valence electrons. The topological polar surface area (TPSA) is 40.5 Å². The largest absolute Gasteiger partial charge is 0.396 e. The fraction of sp³-hybridized carbons (Fsp3) is 0.538. The lowest BCUT2D eigenvalue weighted by Crippen LogP contribution is -2.10. The minimum Gasteiger partial charge on any atom is -0.396 e. The van der Waals surface area contributed by atoms with Crippen molar-refractivity contribution < 1.29 is 19.0 Å². The number of hydrogen-bond acceptors (Lipinski definition) is 2. The maximum atomic E-state index is 13.0. The van der Waals surface area contributed by atoms with Crippen molar-refractivity contribution in [1.29, 1.82) is 0 Å². The number of halogens is 2. The SMILES string of the molecule is OCCCC[C@H](CO)Cc1ccc(F)c(F)c1. The van der Waals surface area contributed by atoms with E-state index < -0.39 is 11.6 Å². The lowest BCUT2D eigenvalue weighted by atomic mass is 9.95. The van der Waals surface area contributed by atoms with E-state index >= 15 is 0 Å². The van der Waals surface area contributed by atoms with Gasteiger partial charge in [0.15, 0.2) is 11.6 Å². The average Bonchev–Trinajstić information content (AvgIpc) is 2.32. The van der Waals surface area contributed by atoms with Gasteiger partial charge in [0.2, 0.25) is 0 Å².